The lowest BCUT2D eigenvalue weighted by Crippen LogP contribution is -2.52. The monoisotopic (exact) mass is 309 g/mol. The van der Waals surface area contributed by atoms with Gasteiger partial charge in [-0.15, -0.1) is 0 Å². The zero-order valence-electron chi connectivity index (χ0n) is 13.4. The standard InChI is InChI=1S/C16H23NO5/c1-10(2)21-14(18)12-5-6-16(17-8-12,7-13-9-20-13)15(19)22-11(3)4/h5-6,8,10-11,13,17H,7,9H2,1-4H3/t13-,16-/m0/s1. The van der Waals surface area contributed by atoms with E-state index in [4.69, 9.17) is 14.2 Å². The van der Waals surface area contributed by atoms with E-state index in [2.05, 4.69) is 5.32 Å². The van der Waals surface area contributed by atoms with Gasteiger partial charge in [0.1, 0.15) is 0 Å². The highest BCUT2D eigenvalue weighted by molar-refractivity contribution is 5.93. The molecule has 0 unspecified atom stereocenters. The highest BCUT2D eigenvalue weighted by atomic mass is 16.6. The number of rotatable bonds is 6. The Morgan fingerprint density at radius 2 is 1.95 bits per heavy atom. The van der Waals surface area contributed by atoms with Crippen molar-refractivity contribution < 1.29 is 23.8 Å². The molecule has 2 aliphatic rings. The number of nitrogens with one attached hydrogen (secondary N) is 1. The highest BCUT2D eigenvalue weighted by Gasteiger charge is 2.44. The summed E-state index contributed by atoms with van der Waals surface area (Å²) >= 11 is 0. The third-order valence-electron chi connectivity index (χ3n) is 3.27. The van der Waals surface area contributed by atoms with Crippen LogP contribution in [0.3, 0.4) is 0 Å². The van der Waals surface area contributed by atoms with Gasteiger partial charge in [-0.25, -0.2) is 9.59 Å². The van der Waals surface area contributed by atoms with Crippen molar-refractivity contribution in [1.82, 2.24) is 5.32 Å². The first-order valence-corrected chi connectivity index (χ1v) is 7.53. The quantitative estimate of drug-likeness (QED) is 0.591. The van der Waals surface area contributed by atoms with E-state index in [0.29, 0.717) is 18.6 Å². The Morgan fingerprint density at radius 3 is 2.41 bits per heavy atom. The smallest absolute Gasteiger partial charge is 0.339 e. The fourth-order valence-electron chi connectivity index (χ4n) is 2.15. The third kappa shape index (κ3) is 4.10. The second-order valence-corrected chi connectivity index (χ2v) is 6.12. The molecule has 22 heavy (non-hydrogen) atoms. The molecule has 1 fully saturated rings. The summed E-state index contributed by atoms with van der Waals surface area (Å²) in [6.45, 7) is 7.80. The maximum absolute atomic E-state index is 12.4. The molecule has 0 amide bonds. The van der Waals surface area contributed by atoms with Crippen molar-refractivity contribution in [2.75, 3.05) is 6.61 Å². The van der Waals surface area contributed by atoms with Gasteiger partial charge in [0.15, 0.2) is 5.54 Å². The average molecular weight is 309 g/mol. The summed E-state index contributed by atoms with van der Waals surface area (Å²) in [5.41, 5.74) is -0.620. The minimum atomic E-state index is -0.993. The zero-order chi connectivity index (χ0) is 16.3. The van der Waals surface area contributed by atoms with Crippen LogP contribution >= 0.6 is 0 Å². The molecule has 0 aromatic rings. The molecule has 122 valence electrons. The van der Waals surface area contributed by atoms with Crippen molar-refractivity contribution in [3.8, 4) is 0 Å². The first-order valence-electron chi connectivity index (χ1n) is 7.53. The number of epoxide rings is 1. The molecule has 2 heterocycles. The van der Waals surface area contributed by atoms with Crippen LogP contribution in [0.25, 0.3) is 0 Å². The van der Waals surface area contributed by atoms with Crippen LogP contribution < -0.4 is 5.32 Å². The molecule has 2 aliphatic heterocycles. The van der Waals surface area contributed by atoms with Crippen LogP contribution in [0.1, 0.15) is 34.1 Å². The Labute approximate surface area is 130 Å². The molecule has 1 saturated heterocycles. The van der Waals surface area contributed by atoms with Gasteiger partial charge in [-0.05, 0) is 39.8 Å². The van der Waals surface area contributed by atoms with Crippen LogP contribution in [0.4, 0.5) is 0 Å². The van der Waals surface area contributed by atoms with Crippen molar-refractivity contribution in [2.45, 2.75) is 58.0 Å². The van der Waals surface area contributed by atoms with Crippen molar-refractivity contribution >= 4 is 11.9 Å². The van der Waals surface area contributed by atoms with Gasteiger partial charge in [0, 0.05) is 12.6 Å². The van der Waals surface area contributed by atoms with Gasteiger partial charge in [-0.2, -0.15) is 0 Å². The van der Waals surface area contributed by atoms with Crippen LogP contribution in [0.2, 0.25) is 0 Å². The zero-order valence-corrected chi connectivity index (χ0v) is 13.4. The summed E-state index contributed by atoms with van der Waals surface area (Å²) in [6, 6.07) is 0. The summed E-state index contributed by atoms with van der Waals surface area (Å²) in [6.07, 6.45) is 4.87. The first kappa shape index (κ1) is 16.5. The Bertz CT molecular complexity index is 505. The lowest BCUT2D eigenvalue weighted by molar-refractivity contribution is -0.153. The van der Waals surface area contributed by atoms with E-state index < -0.39 is 11.5 Å². The number of ether oxygens (including phenoxy) is 3. The second-order valence-electron chi connectivity index (χ2n) is 6.12. The molecule has 2 atom stereocenters. The summed E-state index contributed by atoms with van der Waals surface area (Å²) in [5.74, 6) is -0.797. The van der Waals surface area contributed by atoms with Gasteiger partial charge in [0.05, 0.1) is 30.5 Å². The van der Waals surface area contributed by atoms with Crippen LogP contribution in [0.15, 0.2) is 23.9 Å². The molecule has 6 heteroatoms. The molecule has 0 radical (unpaired) electrons. The normalized spacial score (nSPS) is 26.5. The fourth-order valence-corrected chi connectivity index (χ4v) is 2.15. The first-order chi connectivity index (χ1) is 10.3. The summed E-state index contributed by atoms with van der Waals surface area (Å²) in [7, 11) is 0. The molecule has 0 saturated carbocycles. The molecular weight excluding hydrogens is 286 g/mol. The SMILES string of the molecule is CC(C)OC(=O)C1=CN[C@@](C[C@H]2CO2)(C(=O)OC(C)C)C=C1. The lowest BCUT2D eigenvalue weighted by Gasteiger charge is -2.31. The van der Waals surface area contributed by atoms with Crippen LogP contribution in [-0.4, -0.2) is 42.4 Å². The van der Waals surface area contributed by atoms with Gasteiger partial charge in [-0.1, -0.05) is 0 Å². The molecule has 1 N–H and O–H groups in total. The minimum absolute atomic E-state index is 0.0365. The molecular formula is C16H23NO5. The van der Waals surface area contributed by atoms with Crippen molar-refractivity contribution in [2.24, 2.45) is 0 Å². The molecule has 0 bridgehead atoms. The third-order valence-corrected chi connectivity index (χ3v) is 3.27. The summed E-state index contributed by atoms with van der Waals surface area (Å²) < 4.78 is 15.7. The molecule has 0 aliphatic carbocycles. The fraction of sp³-hybridized carbons (Fsp3) is 0.625. The predicted octanol–water partition coefficient (Wildman–Crippen LogP) is 1.46. The number of hydrogen-bond acceptors (Lipinski definition) is 6. The van der Waals surface area contributed by atoms with Gasteiger partial charge in [0.25, 0.3) is 0 Å². The van der Waals surface area contributed by atoms with Gasteiger partial charge < -0.3 is 19.5 Å². The Kier molecular flexibility index (Phi) is 4.90. The van der Waals surface area contributed by atoms with Crippen LogP contribution in [0, 0.1) is 0 Å². The number of esters is 2. The van der Waals surface area contributed by atoms with Gasteiger partial charge in [0.2, 0.25) is 0 Å². The molecule has 6 nitrogen and oxygen atoms in total. The van der Waals surface area contributed by atoms with Gasteiger partial charge in [-0.3, -0.25) is 0 Å². The van der Waals surface area contributed by atoms with E-state index in [1.165, 1.54) is 6.20 Å². The van der Waals surface area contributed by atoms with E-state index in [-0.39, 0.29) is 24.3 Å². The van der Waals surface area contributed by atoms with E-state index in [9.17, 15) is 9.59 Å². The number of carbonyl (C=O) groups is 2. The maximum atomic E-state index is 12.4. The van der Waals surface area contributed by atoms with E-state index >= 15 is 0 Å². The Hall–Kier alpha value is -1.82. The predicted molar refractivity (Wildman–Crippen MR) is 79.9 cm³/mol. The van der Waals surface area contributed by atoms with Crippen molar-refractivity contribution in [1.29, 1.82) is 0 Å². The Morgan fingerprint density at radius 1 is 1.32 bits per heavy atom. The van der Waals surface area contributed by atoms with E-state index in [0.717, 1.165) is 0 Å². The number of dihydropyridines is 1. The minimum Gasteiger partial charge on any atom is -0.461 e. The second kappa shape index (κ2) is 6.52. The average Bonchev–Trinajstić information content (AvgIpc) is 3.21. The van der Waals surface area contributed by atoms with E-state index in [1.807, 2.05) is 0 Å². The Balaban J connectivity index is 2.10. The van der Waals surface area contributed by atoms with Crippen LogP contribution in [0.5, 0.6) is 0 Å². The highest BCUT2D eigenvalue weighted by Crippen LogP contribution is 2.28. The molecule has 0 aromatic heterocycles. The molecule has 0 spiro atoms. The summed E-state index contributed by atoms with van der Waals surface area (Å²) in [4.78, 5) is 24.3. The maximum Gasteiger partial charge on any atom is 0.339 e. The van der Waals surface area contributed by atoms with Crippen molar-refractivity contribution in [3.05, 3.63) is 23.9 Å². The molecule has 0 aromatic carbocycles. The molecule has 2 rings (SSSR count). The largest absolute Gasteiger partial charge is 0.461 e. The van der Waals surface area contributed by atoms with Crippen LogP contribution in [-0.2, 0) is 23.8 Å². The topological polar surface area (TPSA) is 77.2 Å². The van der Waals surface area contributed by atoms with Crippen molar-refractivity contribution in [3.63, 3.8) is 0 Å². The lowest BCUT2D eigenvalue weighted by atomic mass is 9.90. The summed E-state index contributed by atoms with van der Waals surface area (Å²) in [5, 5.41) is 3.01. The van der Waals surface area contributed by atoms with Gasteiger partial charge >= 0.3 is 11.9 Å². The van der Waals surface area contributed by atoms with E-state index in [1.54, 1.807) is 39.8 Å². The number of hydrogen-bond donors (Lipinski definition) is 1. The number of carbonyl (C=O) groups excluding carboxylic acids is 2.